The van der Waals surface area contributed by atoms with Gasteiger partial charge < -0.3 is 25.2 Å². The highest BCUT2D eigenvalue weighted by Gasteiger charge is 2.34. The van der Waals surface area contributed by atoms with Crippen LogP contribution < -0.4 is 10.6 Å². The number of ether oxygens (including phenoxy) is 2. The lowest BCUT2D eigenvalue weighted by atomic mass is 9.89. The molecule has 10 heteroatoms. The summed E-state index contributed by atoms with van der Waals surface area (Å²) in [6.07, 6.45) is -1.59. The topological polar surface area (TPSA) is 131 Å². The van der Waals surface area contributed by atoms with Crippen molar-refractivity contribution in [2.45, 2.75) is 38.1 Å². The molecule has 9 nitrogen and oxygen atoms in total. The van der Waals surface area contributed by atoms with Gasteiger partial charge in [0.05, 0.1) is 17.6 Å². The van der Waals surface area contributed by atoms with Gasteiger partial charge in [0.2, 0.25) is 0 Å². The Morgan fingerprint density at radius 2 is 0.880 bits per heavy atom. The Morgan fingerprint density at radius 1 is 0.520 bits per heavy atom. The van der Waals surface area contributed by atoms with Crippen molar-refractivity contribution in [1.82, 2.24) is 10.6 Å². The highest BCUT2D eigenvalue weighted by Crippen LogP contribution is 2.32. The molecule has 0 aromatic heterocycles. The van der Waals surface area contributed by atoms with E-state index < -0.39 is 41.6 Å². The van der Waals surface area contributed by atoms with Crippen LogP contribution in [-0.4, -0.2) is 40.9 Å². The van der Waals surface area contributed by atoms with E-state index in [0.717, 1.165) is 22.3 Å². The maximum Gasteiger partial charge on any atom is 0.408 e. The van der Waals surface area contributed by atoms with Gasteiger partial charge in [0.15, 0.2) is 11.6 Å². The monoisotopic (exact) mass is 734 g/mol. The van der Waals surface area contributed by atoms with Crippen molar-refractivity contribution in [3.05, 3.63) is 171 Å². The van der Waals surface area contributed by atoms with Crippen molar-refractivity contribution >= 4 is 39.7 Å². The first kappa shape index (κ1) is 35.6. The maximum absolute atomic E-state index is 14.4. The quantitative estimate of drug-likeness (QED) is 0.100. The second kappa shape index (κ2) is 17.6. The fourth-order valence-corrected chi connectivity index (χ4v) is 5.86. The molecule has 5 aromatic rings. The van der Waals surface area contributed by atoms with Gasteiger partial charge in [-0.25, -0.2) is 9.59 Å². The summed E-state index contributed by atoms with van der Waals surface area (Å²) in [5.74, 6) is -1.84. The summed E-state index contributed by atoms with van der Waals surface area (Å²) in [6.45, 7) is -0.0519. The van der Waals surface area contributed by atoms with Gasteiger partial charge in [-0.3, -0.25) is 9.59 Å². The number of phenols is 1. The first-order valence-electron chi connectivity index (χ1n) is 15.9. The Balaban J connectivity index is 1.44. The highest BCUT2D eigenvalue weighted by atomic mass is 79.9. The zero-order valence-electron chi connectivity index (χ0n) is 27.0. The van der Waals surface area contributed by atoms with Crippen LogP contribution in [-0.2, 0) is 35.5 Å². The summed E-state index contributed by atoms with van der Waals surface area (Å²) < 4.78 is 11.1. The Hall–Kier alpha value is -5.74. The predicted molar refractivity (Wildman–Crippen MR) is 192 cm³/mol. The van der Waals surface area contributed by atoms with Crippen LogP contribution in [0.5, 0.6) is 5.75 Å². The van der Waals surface area contributed by atoms with Gasteiger partial charge in [0.1, 0.15) is 19.0 Å². The van der Waals surface area contributed by atoms with Crippen LogP contribution in [0, 0.1) is 0 Å². The van der Waals surface area contributed by atoms with Gasteiger partial charge in [-0.1, -0.05) is 137 Å². The lowest BCUT2D eigenvalue weighted by Gasteiger charge is -2.23. The Kier molecular flexibility index (Phi) is 12.5. The predicted octanol–water partition coefficient (Wildman–Crippen LogP) is 7.60. The Bertz CT molecular complexity index is 1770. The summed E-state index contributed by atoms with van der Waals surface area (Å²) >= 11 is 3.41. The third kappa shape index (κ3) is 9.90. The van der Waals surface area contributed by atoms with Gasteiger partial charge in [0, 0.05) is 22.9 Å². The molecule has 50 heavy (non-hydrogen) atoms. The summed E-state index contributed by atoms with van der Waals surface area (Å²) in [5, 5.41) is 16.5. The van der Waals surface area contributed by atoms with Gasteiger partial charge >= 0.3 is 12.2 Å². The van der Waals surface area contributed by atoms with Gasteiger partial charge in [-0.05, 0) is 34.4 Å². The third-order valence-corrected chi connectivity index (χ3v) is 8.49. The van der Waals surface area contributed by atoms with Crippen molar-refractivity contribution in [3.63, 3.8) is 0 Å². The maximum atomic E-state index is 14.4. The molecule has 5 rings (SSSR count). The number of Topliss-reactive ketones (excluding diaryl/α,β-unsaturated/α-hetero) is 2. The molecule has 0 radical (unpaired) electrons. The average molecular weight is 736 g/mol. The molecule has 5 aromatic carbocycles. The number of carbonyl (C=O) groups is 4. The molecule has 0 saturated carbocycles. The number of phenolic OH excluding ortho intramolecular Hbond substituents is 1. The Labute approximate surface area is 298 Å². The smallest absolute Gasteiger partial charge is 0.408 e. The van der Waals surface area contributed by atoms with Crippen molar-refractivity contribution in [2.24, 2.45) is 0 Å². The van der Waals surface area contributed by atoms with Crippen LogP contribution in [0.4, 0.5) is 9.59 Å². The van der Waals surface area contributed by atoms with E-state index in [2.05, 4.69) is 26.6 Å². The SMILES string of the molecule is O=C(N[C@@H](Cc1ccccc1)C(=O)c1c(O)ccc(Br)c1C(=O)[C@H](Cc1ccccc1)NC(=O)OCc1ccccc1)OCc1ccccc1. The van der Waals surface area contributed by atoms with Crippen LogP contribution in [0.2, 0.25) is 0 Å². The average Bonchev–Trinajstić information content (AvgIpc) is 3.14. The molecule has 254 valence electrons. The molecule has 0 aliphatic heterocycles. The zero-order chi connectivity index (χ0) is 35.3. The molecule has 0 aliphatic rings. The first-order valence-corrected chi connectivity index (χ1v) is 16.7. The van der Waals surface area contributed by atoms with Crippen molar-refractivity contribution < 1.29 is 33.8 Å². The summed E-state index contributed by atoms with van der Waals surface area (Å²) in [5.41, 5.74) is 2.51. The molecule has 0 fully saturated rings. The van der Waals surface area contributed by atoms with Crippen LogP contribution in [0.1, 0.15) is 43.0 Å². The zero-order valence-corrected chi connectivity index (χ0v) is 28.5. The van der Waals surface area contributed by atoms with Crippen molar-refractivity contribution in [2.75, 3.05) is 0 Å². The van der Waals surface area contributed by atoms with Crippen molar-refractivity contribution in [3.8, 4) is 5.75 Å². The number of aromatic hydroxyl groups is 1. The first-order chi connectivity index (χ1) is 24.3. The summed E-state index contributed by atoms with van der Waals surface area (Å²) in [7, 11) is 0. The third-order valence-electron chi connectivity index (χ3n) is 7.83. The van der Waals surface area contributed by atoms with E-state index in [1.807, 2.05) is 60.7 Å². The number of rotatable bonds is 14. The van der Waals surface area contributed by atoms with Crippen LogP contribution in [0.3, 0.4) is 0 Å². The standard InChI is InChI=1S/C40H35BrN2O7/c41-31-21-22-34(44)36(38(46)33(24-28-15-7-2-8-16-28)43-40(48)50-26-30-19-11-4-12-20-30)35(31)37(45)32(23-27-13-5-1-6-14-27)42-39(47)49-25-29-17-9-3-10-18-29/h1-22,32-33,44H,23-26H2,(H,42,47)(H,43,48)/t32-,33-/m0/s1. The van der Waals surface area contributed by atoms with E-state index in [-0.39, 0.29) is 41.7 Å². The molecule has 0 heterocycles. The van der Waals surface area contributed by atoms with E-state index in [4.69, 9.17) is 9.47 Å². The molecule has 0 saturated heterocycles. The fraction of sp³-hybridized carbons (Fsp3) is 0.150. The molecule has 0 aliphatic carbocycles. The summed E-state index contributed by atoms with van der Waals surface area (Å²) in [4.78, 5) is 54.9. The lowest BCUT2D eigenvalue weighted by molar-refractivity contribution is 0.0885. The minimum atomic E-state index is -1.23. The number of nitrogens with one attached hydrogen (secondary N) is 2. The Morgan fingerprint density at radius 3 is 1.28 bits per heavy atom. The largest absolute Gasteiger partial charge is 0.507 e. The molecule has 2 amide bonds. The minimum Gasteiger partial charge on any atom is -0.507 e. The van der Waals surface area contributed by atoms with Gasteiger partial charge in [0.25, 0.3) is 0 Å². The number of hydrogen-bond donors (Lipinski definition) is 3. The van der Waals surface area contributed by atoms with Crippen LogP contribution in [0.15, 0.2) is 138 Å². The second-order valence-electron chi connectivity index (χ2n) is 11.4. The van der Waals surface area contributed by atoms with Gasteiger partial charge in [-0.2, -0.15) is 0 Å². The van der Waals surface area contributed by atoms with E-state index in [1.54, 1.807) is 60.7 Å². The summed E-state index contributed by atoms with van der Waals surface area (Å²) in [6, 6.07) is 36.5. The molecule has 0 unspecified atom stereocenters. The van der Waals surface area contributed by atoms with E-state index in [9.17, 15) is 24.3 Å². The normalized spacial score (nSPS) is 11.9. The van der Waals surface area contributed by atoms with Crippen LogP contribution >= 0.6 is 15.9 Å². The fourth-order valence-electron chi connectivity index (χ4n) is 5.34. The second-order valence-corrected chi connectivity index (χ2v) is 12.3. The number of carbonyl (C=O) groups excluding carboxylic acids is 4. The number of alkyl carbamates (subject to hydrolysis) is 2. The van der Waals surface area contributed by atoms with E-state index in [1.165, 1.54) is 12.1 Å². The molecule has 0 spiro atoms. The van der Waals surface area contributed by atoms with E-state index >= 15 is 0 Å². The number of benzene rings is 5. The molecular weight excluding hydrogens is 700 g/mol. The molecule has 0 bridgehead atoms. The number of ketones is 2. The number of hydrogen-bond acceptors (Lipinski definition) is 7. The molecule has 3 N–H and O–H groups in total. The minimum absolute atomic E-state index is 0.0221. The number of halogens is 1. The molecule has 2 atom stereocenters. The van der Waals surface area contributed by atoms with E-state index in [0.29, 0.717) is 0 Å². The van der Waals surface area contributed by atoms with Gasteiger partial charge in [-0.15, -0.1) is 0 Å². The van der Waals surface area contributed by atoms with Crippen molar-refractivity contribution in [1.29, 1.82) is 0 Å². The molecular formula is C40H35BrN2O7. The lowest BCUT2D eigenvalue weighted by Crippen LogP contribution is -2.45. The highest BCUT2D eigenvalue weighted by molar-refractivity contribution is 9.10. The van der Waals surface area contributed by atoms with Crippen LogP contribution in [0.25, 0.3) is 0 Å². The number of amides is 2.